The Morgan fingerprint density at radius 2 is 1.89 bits per heavy atom. The lowest BCUT2D eigenvalue weighted by molar-refractivity contribution is 0.536. The summed E-state index contributed by atoms with van der Waals surface area (Å²) in [6.07, 6.45) is 2.72. The molecule has 0 saturated heterocycles. The van der Waals surface area contributed by atoms with Crippen LogP contribution in [0.15, 0.2) is 29.2 Å². The Labute approximate surface area is 110 Å². The van der Waals surface area contributed by atoms with E-state index in [0.717, 1.165) is 18.2 Å². The van der Waals surface area contributed by atoms with Gasteiger partial charge in [0.05, 0.1) is 10.6 Å². The molecule has 0 spiro atoms. The van der Waals surface area contributed by atoms with Crippen molar-refractivity contribution in [2.24, 2.45) is 11.8 Å². The molecule has 100 valence electrons. The third-order valence-electron chi connectivity index (χ3n) is 3.65. The monoisotopic (exact) mass is 267 g/mol. The largest absolute Gasteiger partial charge is 0.385 e. The number of benzene rings is 1. The molecule has 2 rings (SSSR count). The quantitative estimate of drug-likeness (QED) is 0.862. The second-order valence-electron chi connectivity index (χ2n) is 5.12. The topological polar surface area (TPSA) is 46.2 Å². The van der Waals surface area contributed by atoms with Crippen molar-refractivity contribution in [2.45, 2.75) is 31.6 Å². The number of hydrogen-bond donors (Lipinski definition) is 1. The van der Waals surface area contributed by atoms with Crippen LogP contribution in [0, 0.1) is 11.8 Å². The summed E-state index contributed by atoms with van der Waals surface area (Å²) in [6.45, 7) is 4.89. The average molecular weight is 267 g/mol. The van der Waals surface area contributed by atoms with E-state index in [2.05, 4.69) is 12.2 Å². The first kappa shape index (κ1) is 13.4. The van der Waals surface area contributed by atoms with E-state index in [1.165, 1.54) is 12.8 Å². The Kier molecular flexibility index (Phi) is 3.95. The second kappa shape index (κ2) is 5.31. The highest BCUT2D eigenvalue weighted by atomic mass is 32.2. The van der Waals surface area contributed by atoms with Gasteiger partial charge < -0.3 is 5.32 Å². The van der Waals surface area contributed by atoms with Crippen molar-refractivity contribution < 1.29 is 8.42 Å². The fraction of sp³-hybridized carbons (Fsp3) is 0.571. The maximum Gasteiger partial charge on any atom is 0.178 e. The van der Waals surface area contributed by atoms with Crippen molar-refractivity contribution in [3.63, 3.8) is 0 Å². The van der Waals surface area contributed by atoms with Gasteiger partial charge in [0.1, 0.15) is 0 Å². The van der Waals surface area contributed by atoms with Crippen LogP contribution in [0.5, 0.6) is 0 Å². The normalized spacial score (nSPS) is 17.4. The van der Waals surface area contributed by atoms with E-state index >= 15 is 0 Å². The van der Waals surface area contributed by atoms with Crippen LogP contribution in [-0.4, -0.2) is 20.7 Å². The molecule has 4 heteroatoms. The van der Waals surface area contributed by atoms with Crippen LogP contribution < -0.4 is 5.32 Å². The van der Waals surface area contributed by atoms with Crippen molar-refractivity contribution in [3.8, 4) is 0 Å². The summed E-state index contributed by atoms with van der Waals surface area (Å²) in [5.41, 5.74) is 0.998. The summed E-state index contributed by atoms with van der Waals surface area (Å²) in [6, 6.07) is 7.07. The van der Waals surface area contributed by atoms with E-state index in [4.69, 9.17) is 0 Å². The van der Waals surface area contributed by atoms with Crippen LogP contribution in [0.25, 0.3) is 0 Å². The number of hydrogen-bond acceptors (Lipinski definition) is 3. The number of anilines is 1. The van der Waals surface area contributed by atoms with Gasteiger partial charge in [0, 0.05) is 12.2 Å². The van der Waals surface area contributed by atoms with E-state index in [1.54, 1.807) is 19.1 Å². The Bertz CT molecular complexity index is 489. The van der Waals surface area contributed by atoms with Crippen LogP contribution in [0.1, 0.15) is 26.7 Å². The number of nitrogens with one attached hydrogen (secondary N) is 1. The molecule has 1 fully saturated rings. The number of rotatable bonds is 6. The molecule has 0 bridgehead atoms. The minimum Gasteiger partial charge on any atom is -0.385 e. The van der Waals surface area contributed by atoms with Crippen LogP contribution in [0.4, 0.5) is 5.69 Å². The fourth-order valence-corrected chi connectivity index (χ4v) is 2.94. The first-order valence-electron chi connectivity index (χ1n) is 6.59. The SMILES string of the molecule is CCS(=O)(=O)c1ccc(NCC(C)C2CC2)cc1. The van der Waals surface area contributed by atoms with Crippen LogP contribution in [-0.2, 0) is 9.84 Å². The van der Waals surface area contributed by atoms with E-state index in [9.17, 15) is 8.42 Å². The molecule has 1 N–H and O–H groups in total. The molecule has 3 nitrogen and oxygen atoms in total. The summed E-state index contributed by atoms with van der Waals surface area (Å²) < 4.78 is 23.3. The zero-order chi connectivity index (χ0) is 13.2. The second-order valence-corrected chi connectivity index (χ2v) is 7.40. The van der Waals surface area contributed by atoms with E-state index in [-0.39, 0.29) is 5.75 Å². The van der Waals surface area contributed by atoms with Gasteiger partial charge in [-0.3, -0.25) is 0 Å². The van der Waals surface area contributed by atoms with Gasteiger partial charge >= 0.3 is 0 Å². The van der Waals surface area contributed by atoms with E-state index in [1.807, 2.05) is 12.1 Å². The molecule has 1 saturated carbocycles. The maximum atomic E-state index is 11.7. The molecule has 18 heavy (non-hydrogen) atoms. The molecule has 0 radical (unpaired) electrons. The summed E-state index contributed by atoms with van der Waals surface area (Å²) in [7, 11) is -3.08. The van der Waals surface area contributed by atoms with Crippen molar-refractivity contribution in [2.75, 3.05) is 17.6 Å². The minimum atomic E-state index is -3.08. The Morgan fingerprint density at radius 1 is 1.28 bits per heavy atom. The lowest BCUT2D eigenvalue weighted by atomic mass is 10.1. The molecule has 0 aliphatic heterocycles. The van der Waals surface area contributed by atoms with Gasteiger partial charge in [-0.25, -0.2) is 8.42 Å². The molecule has 0 amide bonds. The summed E-state index contributed by atoms with van der Waals surface area (Å²) >= 11 is 0. The highest BCUT2D eigenvalue weighted by Gasteiger charge is 2.27. The lowest BCUT2D eigenvalue weighted by Gasteiger charge is -2.12. The third kappa shape index (κ3) is 3.25. The zero-order valence-electron chi connectivity index (χ0n) is 11.0. The summed E-state index contributed by atoms with van der Waals surface area (Å²) in [5.74, 6) is 1.74. The van der Waals surface area contributed by atoms with Crippen LogP contribution in [0.3, 0.4) is 0 Å². The van der Waals surface area contributed by atoms with E-state index < -0.39 is 9.84 Å². The molecule has 1 aliphatic rings. The molecule has 0 aromatic heterocycles. The highest BCUT2D eigenvalue weighted by Crippen LogP contribution is 2.36. The molecule has 1 aromatic carbocycles. The first-order chi connectivity index (χ1) is 8.53. The average Bonchev–Trinajstić information content (AvgIpc) is 3.20. The van der Waals surface area contributed by atoms with Gasteiger partial charge in [-0.15, -0.1) is 0 Å². The first-order valence-corrected chi connectivity index (χ1v) is 8.25. The predicted octanol–water partition coefficient (Wildman–Crippen LogP) is 2.94. The van der Waals surface area contributed by atoms with Gasteiger partial charge in [-0.2, -0.15) is 0 Å². The summed E-state index contributed by atoms with van der Waals surface area (Å²) in [4.78, 5) is 0.408. The van der Waals surface area contributed by atoms with Crippen molar-refractivity contribution in [1.29, 1.82) is 0 Å². The Balaban J connectivity index is 1.95. The van der Waals surface area contributed by atoms with Crippen molar-refractivity contribution in [1.82, 2.24) is 0 Å². The molecule has 1 unspecified atom stereocenters. The minimum absolute atomic E-state index is 0.151. The lowest BCUT2D eigenvalue weighted by Crippen LogP contribution is -2.13. The zero-order valence-corrected chi connectivity index (χ0v) is 11.8. The Hall–Kier alpha value is -1.03. The number of sulfone groups is 1. The van der Waals surface area contributed by atoms with Gasteiger partial charge in [0.25, 0.3) is 0 Å². The van der Waals surface area contributed by atoms with Crippen LogP contribution in [0.2, 0.25) is 0 Å². The molecule has 1 aliphatic carbocycles. The Morgan fingerprint density at radius 3 is 2.39 bits per heavy atom. The molecular weight excluding hydrogens is 246 g/mol. The van der Waals surface area contributed by atoms with Crippen molar-refractivity contribution >= 4 is 15.5 Å². The molecule has 1 atom stereocenters. The third-order valence-corrected chi connectivity index (χ3v) is 5.40. The molecule has 1 aromatic rings. The van der Waals surface area contributed by atoms with Crippen molar-refractivity contribution in [3.05, 3.63) is 24.3 Å². The highest BCUT2D eigenvalue weighted by molar-refractivity contribution is 7.91. The smallest absolute Gasteiger partial charge is 0.178 e. The molecule has 0 heterocycles. The molecular formula is C14H21NO2S. The van der Waals surface area contributed by atoms with Crippen LogP contribution >= 0.6 is 0 Å². The van der Waals surface area contributed by atoms with Gasteiger partial charge in [-0.05, 0) is 48.9 Å². The van der Waals surface area contributed by atoms with Gasteiger partial charge in [0.15, 0.2) is 9.84 Å². The summed E-state index contributed by atoms with van der Waals surface area (Å²) in [5, 5.41) is 3.37. The fourth-order valence-electron chi connectivity index (χ4n) is 2.06. The predicted molar refractivity (Wildman–Crippen MR) is 74.5 cm³/mol. The van der Waals surface area contributed by atoms with Gasteiger partial charge in [-0.1, -0.05) is 13.8 Å². The maximum absolute atomic E-state index is 11.7. The van der Waals surface area contributed by atoms with E-state index in [0.29, 0.717) is 10.8 Å². The standard InChI is InChI=1S/C14H21NO2S/c1-3-18(16,17)14-8-6-13(7-9-14)15-10-11(2)12-4-5-12/h6-9,11-12,15H,3-5,10H2,1-2H3. The van der Waals surface area contributed by atoms with Gasteiger partial charge in [0.2, 0.25) is 0 Å².